The minimum Gasteiger partial charge on any atom is -0.371 e. The third-order valence-electron chi connectivity index (χ3n) is 7.66. The van der Waals surface area contributed by atoms with E-state index in [2.05, 4.69) is 87.9 Å². The zero-order valence-electron chi connectivity index (χ0n) is 21.5. The Morgan fingerprint density at radius 2 is 1.92 bits per heavy atom. The van der Waals surface area contributed by atoms with Crippen molar-refractivity contribution >= 4 is 29.2 Å². The Morgan fingerprint density at radius 3 is 2.64 bits per heavy atom. The van der Waals surface area contributed by atoms with Gasteiger partial charge in [0, 0.05) is 79.8 Å². The molecule has 0 spiro atoms. The second-order valence-corrected chi connectivity index (χ2v) is 10.2. The van der Waals surface area contributed by atoms with Gasteiger partial charge in [0.2, 0.25) is 5.95 Å². The highest BCUT2D eigenvalue weighted by Crippen LogP contribution is 2.32. The lowest BCUT2D eigenvalue weighted by molar-refractivity contribution is 0.143. The summed E-state index contributed by atoms with van der Waals surface area (Å²) in [6.07, 6.45) is 8.88. The second-order valence-electron chi connectivity index (χ2n) is 10.2. The molecule has 0 saturated carbocycles. The molecular weight excluding hydrogens is 446 g/mol. The molecule has 1 unspecified atom stereocenters. The molecule has 1 aromatic heterocycles. The smallest absolute Gasteiger partial charge is 0.229 e. The van der Waals surface area contributed by atoms with E-state index >= 15 is 0 Å². The van der Waals surface area contributed by atoms with Gasteiger partial charge in [-0.1, -0.05) is 19.7 Å². The molecule has 1 N–H and O–H groups in total. The number of anilines is 4. The van der Waals surface area contributed by atoms with Crippen molar-refractivity contribution in [2.45, 2.75) is 19.4 Å². The fraction of sp³-hybridized carbons (Fsp3) is 0.379. The van der Waals surface area contributed by atoms with Crippen LogP contribution in [0.1, 0.15) is 18.9 Å². The summed E-state index contributed by atoms with van der Waals surface area (Å²) in [6, 6.07) is 9.13. The predicted molar refractivity (Wildman–Crippen MR) is 151 cm³/mol. The first-order valence-corrected chi connectivity index (χ1v) is 12.8. The first-order valence-electron chi connectivity index (χ1n) is 12.8. The first-order chi connectivity index (χ1) is 17.4. The zero-order chi connectivity index (χ0) is 25.2. The minimum absolute atomic E-state index is 0.557. The quantitative estimate of drug-likeness (QED) is 0.545. The van der Waals surface area contributed by atoms with Crippen molar-refractivity contribution in [2.24, 2.45) is 5.92 Å². The van der Waals surface area contributed by atoms with Crippen molar-refractivity contribution in [2.75, 3.05) is 61.4 Å². The summed E-state index contributed by atoms with van der Waals surface area (Å²) >= 11 is 0. The zero-order valence-corrected chi connectivity index (χ0v) is 21.5. The number of rotatable bonds is 8. The van der Waals surface area contributed by atoms with Crippen LogP contribution < -0.4 is 15.1 Å². The molecular formula is C29H37N7. The highest BCUT2D eigenvalue weighted by molar-refractivity contribution is 5.74. The SMILES string of the molecule is C=CC(=C)N1CC(CCN2C(=C)C=Cc3cnc(Nc4ccc(N5CCN(C)C(C)C5)cc4)nc32)C1. The summed E-state index contributed by atoms with van der Waals surface area (Å²) in [5, 5.41) is 3.39. The molecule has 7 heteroatoms. The van der Waals surface area contributed by atoms with Crippen molar-refractivity contribution in [1.29, 1.82) is 0 Å². The number of hydrogen-bond acceptors (Lipinski definition) is 7. The lowest BCUT2D eigenvalue weighted by Crippen LogP contribution is -2.50. The summed E-state index contributed by atoms with van der Waals surface area (Å²) in [4.78, 5) is 18.8. The average molecular weight is 484 g/mol. The number of benzene rings is 1. The maximum Gasteiger partial charge on any atom is 0.229 e. The molecule has 2 fully saturated rings. The number of fused-ring (bicyclic) bond motifs is 1. The molecule has 1 aromatic carbocycles. The fourth-order valence-electron chi connectivity index (χ4n) is 5.03. The normalized spacial score (nSPS) is 20.2. The van der Waals surface area contributed by atoms with E-state index in [0.717, 1.165) is 74.2 Å². The molecule has 4 heterocycles. The van der Waals surface area contributed by atoms with E-state index in [0.29, 0.717) is 17.9 Å². The van der Waals surface area contributed by atoms with Gasteiger partial charge in [0.15, 0.2) is 0 Å². The van der Waals surface area contributed by atoms with Gasteiger partial charge >= 0.3 is 0 Å². The van der Waals surface area contributed by atoms with Crippen LogP contribution in [0, 0.1) is 5.92 Å². The monoisotopic (exact) mass is 483 g/mol. The van der Waals surface area contributed by atoms with Crippen molar-refractivity contribution in [3.8, 4) is 0 Å². The lowest BCUT2D eigenvalue weighted by Gasteiger charge is -2.42. The Balaban J connectivity index is 1.23. The van der Waals surface area contributed by atoms with Crippen LogP contribution in [0.25, 0.3) is 6.08 Å². The third kappa shape index (κ3) is 5.02. The van der Waals surface area contributed by atoms with Gasteiger partial charge in [0.25, 0.3) is 0 Å². The van der Waals surface area contributed by atoms with Crippen LogP contribution in [0.5, 0.6) is 0 Å². The highest BCUT2D eigenvalue weighted by Gasteiger charge is 2.28. The number of aromatic nitrogens is 2. The van der Waals surface area contributed by atoms with Gasteiger partial charge in [-0.05, 0) is 68.8 Å². The van der Waals surface area contributed by atoms with Gasteiger partial charge in [-0.25, -0.2) is 4.98 Å². The molecule has 0 amide bonds. The van der Waals surface area contributed by atoms with E-state index in [1.165, 1.54) is 5.69 Å². The third-order valence-corrected chi connectivity index (χ3v) is 7.66. The van der Waals surface area contributed by atoms with Crippen molar-refractivity contribution in [3.05, 3.63) is 79.3 Å². The van der Waals surface area contributed by atoms with Crippen LogP contribution in [0.15, 0.2) is 73.7 Å². The Bertz CT molecular complexity index is 1160. The van der Waals surface area contributed by atoms with Crippen LogP contribution in [-0.2, 0) is 0 Å². The van der Waals surface area contributed by atoms with Gasteiger partial charge in [0.1, 0.15) is 5.82 Å². The van der Waals surface area contributed by atoms with Gasteiger partial charge in [0.05, 0.1) is 0 Å². The molecule has 7 nitrogen and oxygen atoms in total. The number of piperazine rings is 1. The predicted octanol–water partition coefficient (Wildman–Crippen LogP) is 4.73. The Hall–Kier alpha value is -3.58. The molecule has 3 aliphatic heterocycles. The molecule has 0 radical (unpaired) electrons. The first kappa shape index (κ1) is 24.1. The largest absolute Gasteiger partial charge is 0.371 e. The summed E-state index contributed by atoms with van der Waals surface area (Å²) in [5.41, 5.74) is 5.23. The Kier molecular flexibility index (Phi) is 6.83. The van der Waals surface area contributed by atoms with Crippen LogP contribution in [0.4, 0.5) is 23.1 Å². The van der Waals surface area contributed by atoms with Crippen LogP contribution in [0.2, 0.25) is 0 Å². The molecule has 2 aromatic rings. The van der Waals surface area contributed by atoms with Gasteiger partial charge in [-0.2, -0.15) is 4.98 Å². The Morgan fingerprint density at radius 1 is 1.14 bits per heavy atom. The van der Waals surface area contributed by atoms with Crippen molar-refractivity contribution in [3.63, 3.8) is 0 Å². The summed E-state index contributed by atoms with van der Waals surface area (Å²) in [7, 11) is 2.20. The van der Waals surface area contributed by atoms with E-state index in [1.807, 2.05) is 24.4 Å². The minimum atomic E-state index is 0.557. The molecule has 0 aliphatic carbocycles. The standard InChI is InChI=1S/C29H37N7/c1-6-21(2)35-19-24(20-35)13-14-36-22(3)7-8-25-17-30-29(32-28(25)36)31-26-9-11-27(12-10-26)34-16-15-33(5)23(4)18-34/h6-12,17,23-24H,1-3,13-16,18-20H2,4-5H3,(H,30,31,32). The topological polar surface area (TPSA) is 50.8 Å². The van der Waals surface area contributed by atoms with Crippen molar-refractivity contribution < 1.29 is 0 Å². The second kappa shape index (κ2) is 10.2. The van der Waals surface area contributed by atoms with E-state index in [4.69, 9.17) is 4.98 Å². The maximum absolute atomic E-state index is 4.89. The fourth-order valence-corrected chi connectivity index (χ4v) is 5.03. The number of allylic oxidation sites excluding steroid dienone is 2. The van der Waals surface area contributed by atoms with E-state index < -0.39 is 0 Å². The molecule has 3 aliphatic rings. The Labute approximate surface area is 215 Å². The maximum atomic E-state index is 4.89. The average Bonchev–Trinajstić information content (AvgIpc) is 2.86. The summed E-state index contributed by atoms with van der Waals surface area (Å²) in [5.74, 6) is 2.15. The highest BCUT2D eigenvalue weighted by atomic mass is 15.3. The molecule has 36 heavy (non-hydrogen) atoms. The number of hydrogen-bond donors (Lipinski definition) is 1. The van der Waals surface area contributed by atoms with E-state index in [-0.39, 0.29) is 0 Å². The summed E-state index contributed by atoms with van der Waals surface area (Å²) in [6.45, 7) is 20.5. The summed E-state index contributed by atoms with van der Waals surface area (Å²) < 4.78 is 0. The molecule has 188 valence electrons. The van der Waals surface area contributed by atoms with Gasteiger partial charge in [-0.15, -0.1) is 0 Å². The van der Waals surface area contributed by atoms with Gasteiger partial charge in [-0.3, -0.25) is 0 Å². The van der Waals surface area contributed by atoms with E-state index in [1.54, 1.807) is 0 Å². The number of likely N-dealkylation sites (tertiary alicyclic amines) is 1. The number of nitrogens with one attached hydrogen (secondary N) is 1. The number of nitrogens with zero attached hydrogens (tertiary/aromatic N) is 6. The molecule has 1 atom stereocenters. The van der Waals surface area contributed by atoms with Crippen LogP contribution in [0.3, 0.4) is 0 Å². The molecule has 0 bridgehead atoms. The number of likely N-dealkylation sites (N-methyl/N-ethyl adjacent to an activating group) is 1. The molecule has 5 rings (SSSR count). The van der Waals surface area contributed by atoms with Crippen LogP contribution in [-0.4, -0.2) is 72.1 Å². The van der Waals surface area contributed by atoms with E-state index in [9.17, 15) is 0 Å². The van der Waals surface area contributed by atoms with Gasteiger partial charge < -0.3 is 24.9 Å². The van der Waals surface area contributed by atoms with Crippen molar-refractivity contribution in [1.82, 2.24) is 19.8 Å². The van der Waals surface area contributed by atoms with Crippen LogP contribution >= 0.6 is 0 Å². The molecule has 2 saturated heterocycles. The lowest BCUT2D eigenvalue weighted by atomic mass is 9.95.